The minimum atomic E-state index is -0.0170. The van der Waals surface area contributed by atoms with Gasteiger partial charge in [-0.2, -0.15) is 5.26 Å². The van der Waals surface area contributed by atoms with Crippen molar-refractivity contribution in [2.24, 2.45) is 0 Å². The maximum atomic E-state index is 11.2. The lowest BCUT2D eigenvalue weighted by Gasteiger charge is -2.19. The molecule has 0 aliphatic rings. The van der Waals surface area contributed by atoms with Crippen LogP contribution in [0.3, 0.4) is 0 Å². The maximum absolute atomic E-state index is 11.2. The number of amides is 1. The lowest BCUT2D eigenvalue weighted by Crippen LogP contribution is -2.37. The molecule has 0 aliphatic carbocycles. The van der Waals surface area contributed by atoms with Crippen LogP contribution in [0.5, 0.6) is 0 Å². The van der Waals surface area contributed by atoms with Crippen LogP contribution in [-0.2, 0) is 4.79 Å². The summed E-state index contributed by atoms with van der Waals surface area (Å²) in [4.78, 5) is 13.2. The quantitative estimate of drug-likeness (QED) is 0.759. The highest BCUT2D eigenvalue weighted by molar-refractivity contribution is 5.77. The van der Waals surface area contributed by atoms with E-state index in [1.807, 2.05) is 30.1 Å². The van der Waals surface area contributed by atoms with Gasteiger partial charge in [-0.15, -0.1) is 0 Å². The lowest BCUT2D eigenvalue weighted by atomic mass is 10.2. The summed E-state index contributed by atoms with van der Waals surface area (Å²) in [6.07, 6.45) is 0. The van der Waals surface area contributed by atoms with Gasteiger partial charge in [-0.1, -0.05) is 6.07 Å². The summed E-state index contributed by atoms with van der Waals surface area (Å²) in [5.74, 6) is -0.0170. The number of hydrogen-bond donors (Lipinski definition) is 2. The van der Waals surface area contributed by atoms with E-state index in [4.69, 9.17) is 5.26 Å². The first kappa shape index (κ1) is 14.0. The summed E-state index contributed by atoms with van der Waals surface area (Å²) in [7, 11) is 3.67. The van der Waals surface area contributed by atoms with Gasteiger partial charge in [0.2, 0.25) is 5.91 Å². The van der Waals surface area contributed by atoms with Gasteiger partial charge in [0.05, 0.1) is 18.2 Å². The molecule has 1 amide bonds. The highest BCUT2D eigenvalue weighted by Gasteiger charge is 2.03. The number of carbonyl (C=O) groups excluding carboxylic acids is 1. The van der Waals surface area contributed by atoms with Gasteiger partial charge < -0.3 is 15.5 Å². The number of carbonyl (C=O) groups is 1. The molecule has 96 valence electrons. The minimum Gasteiger partial charge on any atom is -0.373 e. The van der Waals surface area contributed by atoms with Crippen molar-refractivity contribution in [3.05, 3.63) is 29.8 Å². The zero-order valence-corrected chi connectivity index (χ0v) is 10.7. The third kappa shape index (κ3) is 4.44. The van der Waals surface area contributed by atoms with E-state index in [1.54, 1.807) is 13.1 Å². The topological polar surface area (TPSA) is 68.2 Å². The Balaban J connectivity index is 2.43. The van der Waals surface area contributed by atoms with Gasteiger partial charge in [-0.05, 0) is 25.2 Å². The van der Waals surface area contributed by atoms with E-state index >= 15 is 0 Å². The fourth-order valence-corrected chi connectivity index (χ4v) is 1.53. The minimum absolute atomic E-state index is 0.0170. The monoisotopic (exact) mass is 246 g/mol. The van der Waals surface area contributed by atoms with Crippen LogP contribution in [0, 0.1) is 11.3 Å². The molecule has 0 spiro atoms. The van der Waals surface area contributed by atoms with Crippen molar-refractivity contribution in [2.45, 2.75) is 0 Å². The summed E-state index contributed by atoms with van der Waals surface area (Å²) in [6, 6.07) is 9.50. The molecule has 1 aromatic rings. The molecule has 0 heterocycles. The van der Waals surface area contributed by atoms with E-state index in [0.717, 1.165) is 5.69 Å². The lowest BCUT2D eigenvalue weighted by molar-refractivity contribution is -0.120. The predicted molar refractivity (Wildman–Crippen MR) is 71.4 cm³/mol. The zero-order valence-electron chi connectivity index (χ0n) is 10.7. The summed E-state index contributed by atoms with van der Waals surface area (Å²) in [5, 5.41) is 14.4. The van der Waals surface area contributed by atoms with E-state index < -0.39 is 0 Å². The normalized spacial score (nSPS) is 9.61. The standard InChI is InChI=1S/C13H18N4O/c1-15-10-13(18)16-6-7-17(2)12-5-3-4-11(8-12)9-14/h3-5,8,15H,6-7,10H2,1-2H3,(H,16,18). The highest BCUT2D eigenvalue weighted by atomic mass is 16.1. The first-order valence-electron chi connectivity index (χ1n) is 5.80. The number of likely N-dealkylation sites (N-methyl/N-ethyl adjacent to an activating group) is 2. The summed E-state index contributed by atoms with van der Waals surface area (Å²) >= 11 is 0. The number of nitriles is 1. The smallest absolute Gasteiger partial charge is 0.234 e. The van der Waals surface area contributed by atoms with Crippen LogP contribution in [0.2, 0.25) is 0 Å². The van der Waals surface area contributed by atoms with Crippen LogP contribution >= 0.6 is 0 Å². The molecule has 1 rings (SSSR count). The molecular weight excluding hydrogens is 228 g/mol. The number of benzene rings is 1. The third-order valence-corrected chi connectivity index (χ3v) is 2.52. The van der Waals surface area contributed by atoms with Crippen molar-refractivity contribution in [3.8, 4) is 6.07 Å². The Labute approximate surface area is 107 Å². The molecule has 0 radical (unpaired) electrons. The first-order valence-corrected chi connectivity index (χ1v) is 5.80. The molecule has 2 N–H and O–H groups in total. The van der Waals surface area contributed by atoms with Crippen molar-refractivity contribution in [3.63, 3.8) is 0 Å². The van der Waals surface area contributed by atoms with Crippen LogP contribution < -0.4 is 15.5 Å². The number of nitrogens with zero attached hydrogens (tertiary/aromatic N) is 2. The van der Waals surface area contributed by atoms with Gasteiger partial charge >= 0.3 is 0 Å². The van der Waals surface area contributed by atoms with E-state index in [9.17, 15) is 4.79 Å². The van der Waals surface area contributed by atoms with Crippen LogP contribution in [0.4, 0.5) is 5.69 Å². The molecule has 0 unspecified atom stereocenters. The number of rotatable bonds is 6. The molecular formula is C13H18N4O. The molecule has 0 aromatic heterocycles. The Bertz CT molecular complexity index is 439. The average Bonchev–Trinajstić information content (AvgIpc) is 2.39. The Morgan fingerprint density at radius 2 is 2.28 bits per heavy atom. The van der Waals surface area contributed by atoms with Crippen molar-refractivity contribution in [1.29, 1.82) is 5.26 Å². The molecule has 18 heavy (non-hydrogen) atoms. The zero-order chi connectivity index (χ0) is 13.4. The Morgan fingerprint density at radius 1 is 1.50 bits per heavy atom. The number of hydrogen-bond acceptors (Lipinski definition) is 4. The van der Waals surface area contributed by atoms with Gasteiger partial charge in [0.1, 0.15) is 0 Å². The SMILES string of the molecule is CNCC(=O)NCCN(C)c1cccc(C#N)c1. The van der Waals surface area contributed by atoms with Gasteiger partial charge in [-0.3, -0.25) is 4.79 Å². The van der Waals surface area contributed by atoms with Crippen LogP contribution in [-0.4, -0.2) is 39.6 Å². The largest absolute Gasteiger partial charge is 0.373 e. The Kier molecular flexibility index (Phi) is 5.68. The molecule has 0 saturated heterocycles. The molecule has 0 aliphatic heterocycles. The van der Waals surface area contributed by atoms with E-state index in [1.165, 1.54) is 0 Å². The van der Waals surface area contributed by atoms with Gasteiger partial charge in [0.25, 0.3) is 0 Å². The molecule has 0 atom stereocenters. The van der Waals surface area contributed by atoms with Crippen molar-refractivity contribution in [1.82, 2.24) is 10.6 Å². The number of anilines is 1. The summed E-state index contributed by atoms with van der Waals surface area (Å²) in [5.41, 5.74) is 1.61. The second-order valence-corrected chi connectivity index (χ2v) is 3.96. The summed E-state index contributed by atoms with van der Waals surface area (Å²) < 4.78 is 0. The predicted octanol–water partition coefficient (Wildman–Crippen LogP) is 0.330. The third-order valence-electron chi connectivity index (χ3n) is 2.52. The van der Waals surface area contributed by atoms with Gasteiger partial charge in [0, 0.05) is 25.8 Å². The molecule has 5 nitrogen and oxygen atoms in total. The highest BCUT2D eigenvalue weighted by Crippen LogP contribution is 2.13. The fourth-order valence-electron chi connectivity index (χ4n) is 1.53. The Morgan fingerprint density at radius 3 is 2.94 bits per heavy atom. The van der Waals surface area contributed by atoms with Crippen LogP contribution in [0.1, 0.15) is 5.56 Å². The van der Waals surface area contributed by atoms with Crippen molar-refractivity contribution in [2.75, 3.05) is 38.6 Å². The second-order valence-electron chi connectivity index (χ2n) is 3.96. The molecule has 1 aromatic carbocycles. The molecule has 0 saturated carbocycles. The van der Waals surface area contributed by atoms with Gasteiger partial charge in [-0.25, -0.2) is 0 Å². The van der Waals surface area contributed by atoms with E-state index in [-0.39, 0.29) is 5.91 Å². The van der Waals surface area contributed by atoms with Crippen molar-refractivity contribution >= 4 is 11.6 Å². The molecule has 5 heteroatoms. The molecule has 0 fully saturated rings. The van der Waals surface area contributed by atoms with E-state index in [0.29, 0.717) is 25.2 Å². The average molecular weight is 246 g/mol. The van der Waals surface area contributed by atoms with Crippen LogP contribution in [0.15, 0.2) is 24.3 Å². The second kappa shape index (κ2) is 7.30. The van der Waals surface area contributed by atoms with E-state index in [2.05, 4.69) is 16.7 Å². The Hall–Kier alpha value is -2.06. The fraction of sp³-hybridized carbons (Fsp3) is 0.385. The van der Waals surface area contributed by atoms with Crippen molar-refractivity contribution < 1.29 is 4.79 Å². The number of nitrogens with one attached hydrogen (secondary N) is 2. The maximum Gasteiger partial charge on any atom is 0.234 e. The first-order chi connectivity index (χ1) is 8.67. The van der Waals surface area contributed by atoms with Gasteiger partial charge in [0.15, 0.2) is 0 Å². The molecule has 0 bridgehead atoms. The van der Waals surface area contributed by atoms with Crippen LogP contribution in [0.25, 0.3) is 0 Å². The summed E-state index contributed by atoms with van der Waals surface area (Å²) in [6.45, 7) is 1.60.